The molecule has 5 nitrogen and oxygen atoms in total. The summed E-state index contributed by atoms with van der Waals surface area (Å²) in [4.78, 5) is 25.0. The molecule has 1 aliphatic carbocycles. The van der Waals surface area contributed by atoms with Crippen molar-refractivity contribution in [3.8, 4) is 0 Å². The number of nitrogens with zero attached hydrogens (tertiary/aromatic N) is 1. The number of amides is 1. The van der Waals surface area contributed by atoms with Crippen molar-refractivity contribution < 1.29 is 19.1 Å². The van der Waals surface area contributed by atoms with Crippen LogP contribution in [0.4, 0.5) is 0 Å². The minimum Gasteiger partial charge on any atom is -0.481 e. The third-order valence-corrected chi connectivity index (χ3v) is 3.17. The van der Waals surface area contributed by atoms with Gasteiger partial charge >= 0.3 is 5.97 Å². The normalized spacial score (nSPS) is 14.6. The number of aliphatic carboxylic acids is 1. The molecule has 2 rings (SSSR count). The first-order valence-corrected chi connectivity index (χ1v) is 6.14. The van der Waals surface area contributed by atoms with Gasteiger partial charge in [-0.2, -0.15) is 0 Å². The Morgan fingerprint density at radius 1 is 1.50 bits per heavy atom. The van der Waals surface area contributed by atoms with Crippen LogP contribution in [-0.2, 0) is 11.2 Å². The summed E-state index contributed by atoms with van der Waals surface area (Å²) < 4.78 is 5.19. The van der Waals surface area contributed by atoms with Crippen LogP contribution in [0.5, 0.6) is 0 Å². The molecular weight excluding hydrogens is 234 g/mol. The van der Waals surface area contributed by atoms with Gasteiger partial charge in [-0.1, -0.05) is 0 Å². The minimum absolute atomic E-state index is 0.109. The summed E-state index contributed by atoms with van der Waals surface area (Å²) in [5.74, 6) is -0.848. The average molecular weight is 251 g/mol. The number of carbonyl (C=O) groups excluding carboxylic acids is 1. The van der Waals surface area contributed by atoms with Crippen LogP contribution >= 0.6 is 0 Å². The molecular formula is C13H17NO4. The van der Waals surface area contributed by atoms with E-state index >= 15 is 0 Å². The molecule has 1 aliphatic rings. The molecule has 1 heterocycles. The van der Waals surface area contributed by atoms with Crippen LogP contribution in [0.2, 0.25) is 0 Å². The van der Waals surface area contributed by atoms with Crippen LogP contribution in [-0.4, -0.2) is 34.5 Å². The van der Waals surface area contributed by atoms with Gasteiger partial charge in [-0.3, -0.25) is 9.59 Å². The summed E-state index contributed by atoms with van der Waals surface area (Å²) in [5, 5.41) is 8.81. The predicted molar refractivity (Wildman–Crippen MR) is 64.5 cm³/mol. The third-order valence-electron chi connectivity index (χ3n) is 3.17. The zero-order valence-electron chi connectivity index (χ0n) is 10.6. The van der Waals surface area contributed by atoms with Crippen molar-refractivity contribution in [1.29, 1.82) is 0 Å². The van der Waals surface area contributed by atoms with E-state index in [1.54, 1.807) is 11.8 Å². The first-order chi connectivity index (χ1) is 8.54. The van der Waals surface area contributed by atoms with Crippen LogP contribution < -0.4 is 0 Å². The van der Waals surface area contributed by atoms with Crippen LogP contribution in [0.25, 0.3) is 0 Å². The van der Waals surface area contributed by atoms with E-state index < -0.39 is 5.97 Å². The lowest BCUT2D eigenvalue weighted by Crippen LogP contribution is -2.33. The van der Waals surface area contributed by atoms with Gasteiger partial charge in [-0.25, -0.2) is 0 Å². The molecule has 0 aromatic carbocycles. The molecule has 1 saturated carbocycles. The Kier molecular flexibility index (Phi) is 3.41. The molecule has 1 aromatic heterocycles. The summed E-state index contributed by atoms with van der Waals surface area (Å²) in [7, 11) is 0. The van der Waals surface area contributed by atoms with E-state index in [1.807, 2.05) is 6.92 Å². The third kappa shape index (κ3) is 2.39. The Morgan fingerprint density at radius 3 is 2.67 bits per heavy atom. The molecule has 0 bridgehead atoms. The van der Waals surface area contributed by atoms with Crippen molar-refractivity contribution in [2.45, 2.75) is 39.2 Å². The molecule has 0 saturated heterocycles. The molecule has 1 N–H and O–H groups in total. The van der Waals surface area contributed by atoms with E-state index in [9.17, 15) is 9.59 Å². The van der Waals surface area contributed by atoms with E-state index in [4.69, 9.17) is 9.52 Å². The molecule has 0 atom stereocenters. The molecule has 98 valence electrons. The maximum atomic E-state index is 12.4. The van der Waals surface area contributed by atoms with E-state index in [2.05, 4.69) is 0 Å². The second kappa shape index (κ2) is 4.84. The zero-order chi connectivity index (χ0) is 13.3. The van der Waals surface area contributed by atoms with Crippen molar-refractivity contribution in [2.24, 2.45) is 0 Å². The highest BCUT2D eigenvalue weighted by molar-refractivity contribution is 5.97. The molecule has 0 radical (unpaired) electrons. The molecule has 0 aliphatic heterocycles. The Bertz CT molecular complexity index is 473. The quantitative estimate of drug-likeness (QED) is 0.866. The summed E-state index contributed by atoms with van der Waals surface area (Å²) in [6.07, 6.45) is 3.26. The monoisotopic (exact) mass is 251 g/mol. The average Bonchev–Trinajstić information content (AvgIpc) is 3.05. The van der Waals surface area contributed by atoms with Crippen molar-refractivity contribution in [3.63, 3.8) is 0 Å². The largest absolute Gasteiger partial charge is 0.481 e. The van der Waals surface area contributed by atoms with Gasteiger partial charge in [0.15, 0.2) is 0 Å². The number of hydrogen-bond donors (Lipinski definition) is 1. The van der Waals surface area contributed by atoms with Crippen LogP contribution in [0, 0.1) is 6.92 Å². The SMILES string of the molecule is CCN(C(=O)c1c(C)coc1CC(=O)O)C1CC1. The maximum absolute atomic E-state index is 12.4. The van der Waals surface area contributed by atoms with Gasteiger partial charge in [-0.15, -0.1) is 0 Å². The molecule has 1 fully saturated rings. The fraction of sp³-hybridized carbons (Fsp3) is 0.538. The summed E-state index contributed by atoms with van der Waals surface area (Å²) in [5.41, 5.74) is 1.13. The van der Waals surface area contributed by atoms with Gasteiger partial charge in [0.05, 0.1) is 11.8 Å². The second-order valence-corrected chi connectivity index (χ2v) is 4.61. The fourth-order valence-corrected chi connectivity index (χ4v) is 2.15. The topological polar surface area (TPSA) is 70.8 Å². The lowest BCUT2D eigenvalue weighted by Gasteiger charge is -2.20. The van der Waals surface area contributed by atoms with Crippen LogP contribution in [0.1, 0.15) is 41.4 Å². The van der Waals surface area contributed by atoms with E-state index in [1.165, 1.54) is 6.26 Å². The lowest BCUT2D eigenvalue weighted by atomic mass is 10.1. The van der Waals surface area contributed by atoms with E-state index in [0.717, 1.165) is 12.8 Å². The van der Waals surface area contributed by atoms with Gasteiger partial charge in [0.2, 0.25) is 0 Å². The number of hydrogen-bond acceptors (Lipinski definition) is 3. The van der Waals surface area contributed by atoms with Crippen molar-refractivity contribution in [2.75, 3.05) is 6.54 Å². The van der Waals surface area contributed by atoms with Crippen LogP contribution in [0.3, 0.4) is 0 Å². The van der Waals surface area contributed by atoms with Crippen LogP contribution in [0.15, 0.2) is 10.7 Å². The Morgan fingerprint density at radius 2 is 2.17 bits per heavy atom. The first-order valence-electron chi connectivity index (χ1n) is 6.14. The van der Waals surface area contributed by atoms with Gasteiger partial charge in [0.25, 0.3) is 5.91 Å². The minimum atomic E-state index is -0.993. The summed E-state index contributed by atoms with van der Waals surface area (Å²) >= 11 is 0. The number of aryl methyl sites for hydroxylation is 1. The van der Waals surface area contributed by atoms with Gasteiger partial charge < -0.3 is 14.4 Å². The highest BCUT2D eigenvalue weighted by Gasteiger charge is 2.34. The molecule has 1 aromatic rings. The second-order valence-electron chi connectivity index (χ2n) is 4.61. The Labute approximate surface area is 105 Å². The molecule has 0 spiro atoms. The Hall–Kier alpha value is -1.78. The lowest BCUT2D eigenvalue weighted by molar-refractivity contribution is -0.136. The number of carboxylic acid groups (broad SMARTS) is 1. The standard InChI is InChI=1S/C13H17NO4/c1-3-14(9-4-5-9)13(17)12-8(2)7-18-10(12)6-11(15)16/h7,9H,3-6H2,1-2H3,(H,15,16). The van der Waals surface area contributed by atoms with Gasteiger partial charge in [0, 0.05) is 18.2 Å². The van der Waals surface area contributed by atoms with Gasteiger partial charge in [0.1, 0.15) is 12.2 Å². The number of carbonyl (C=O) groups is 2. The number of carboxylic acids is 1. The summed E-state index contributed by atoms with van der Waals surface area (Å²) in [6.45, 7) is 4.34. The number of furan rings is 1. The maximum Gasteiger partial charge on any atom is 0.311 e. The van der Waals surface area contributed by atoms with Crippen molar-refractivity contribution >= 4 is 11.9 Å². The highest BCUT2D eigenvalue weighted by atomic mass is 16.4. The molecule has 0 unspecified atom stereocenters. The zero-order valence-corrected chi connectivity index (χ0v) is 10.6. The molecule has 18 heavy (non-hydrogen) atoms. The Balaban J connectivity index is 2.27. The van der Waals surface area contributed by atoms with E-state index in [-0.39, 0.29) is 18.1 Å². The van der Waals surface area contributed by atoms with Crippen molar-refractivity contribution in [3.05, 3.63) is 23.2 Å². The molecule has 1 amide bonds. The van der Waals surface area contributed by atoms with Crippen molar-refractivity contribution in [1.82, 2.24) is 4.90 Å². The molecule has 5 heteroatoms. The highest BCUT2D eigenvalue weighted by Crippen LogP contribution is 2.29. The number of rotatable bonds is 5. The van der Waals surface area contributed by atoms with E-state index in [0.29, 0.717) is 23.7 Å². The first kappa shape index (κ1) is 12.7. The smallest absolute Gasteiger partial charge is 0.311 e. The fourth-order valence-electron chi connectivity index (χ4n) is 2.15. The summed E-state index contributed by atoms with van der Waals surface area (Å²) in [6, 6.07) is 0.314. The van der Waals surface area contributed by atoms with Gasteiger partial charge in [-0.05, 0) is 26.7 Å². The predicted octanol–water partition coefficient (Wildman–Crippen LogP) is 1.84.